The maximum absolute atomic E-state index is 12.7. The largest absolute Gasteiger partial charge is 0.495 e. The predicted molar refractivity (Wildman–Crippen MR) is 113 cm³/mol. The lowest BCUT2D eigenvalue weighted by Gasteiger charge is -2.23. The topological polar surface area (TPSA) is 106 Å². The molecular formula is C21H27N5O2. The van der Waals surface area contributed by atoms with Gasteiger partial charge < -0.3 is 21.5 Å². The smallest absolute Gasteiger partial charge is 0.338 e. The number of urea groups is 1. The van der Waals surface area contributed by atoms with Gasteiger partial charge in [-0.1, -0.05) is 19.1 Å². The quantitative estimate of drug-likeness (QED) is 0.708. The molecule has 0 aromatic heterocycles. The van der Waals surface area contributed by atoms with Crippen LogP contribution in [0.3, 0.4) is 0 Å². The highest BCUT2D eigenvalue weighted by atomic mass is 16.5. The number of carbonyl (C=O) groups is 1. The zero-order valence-corrected chi connectivity index (χ0v) is 16.5. The monoisotopic (exact) mass is 381 g/mol. The van der Waals surface area contributed by atoms with Crippen LogP contribution in [0.5, 0.6) is 5.75 Å². The molecule has 1 heterocycles. The number of nitrogens with two attached hydrogens (primary N) is 2. The van der Waals surface area contributed by atoms with Gasteiger partial charge in [-0.3, -0.25) is 0 Å². The molecule has 7 heteroatoms. The highest BCUT2D eigenvalue weighted by molar-refractivity contribution is 6.15. The zero-order chi connectivity index (χ0) is 20.3. The number of carbonyl (C=O) groups excluding carboxylic acids is 1. The first kappa shape index (κ1) is 19.5. The molecule has 1 aliphatic heterocycles. The molecule has 0 bridgehead atoms. The third kappa shape index (κ3) is 3.88. The van der Waals surface area contributed by atoms with E-state index in [0.717, 1.165) is 23.1 Å². The van der Waals surface area contributed by atoms with Crippen LogP contribution in [0, 0.1) is 0 Å². The highest BCUT2D eigenvalue weighted by Gasteiger charge is 2.28. The van der Waals surface area contributed by atoms with Crippen LogP contribution in [0.15, 0.2) is 41.5 Å². The Kier molecular flexibility index (Phi) is 5.73. The van der Waals surface area contributed by atoms with Crippen molar-refractivity contribution in [3.05, 3.63) is 53.1 Å². The summed E-state index contributed by atoms with van der Waals surface area (Å²) in [6, 6.07) is 10.9. The Balaban J connectivity index is 2.15. The molecule has 0 radical (unpaired) electrons. The molecular weight excluding hydrogens is 354 g/mol. The summed E-state index contributed by atoms with van der Waals surface area (Å²) in [4.78, 5) is 12.7. The van der Waals surface area contributed by atoms with Crippen molar-refractivity contribution in [3.8, 4) is 5.75 Å². The fraction of sp³-hybridized carbons (Fsp3) is 0.333. The highest BCUT2D eigenvalue weighted by Crippen LogP contribution is 2.31. The van der Waals surface area contributed by atoms with Crippen LogP contribution in [0.2, 0.25) is 0 Å². The molecule has 3 rings (SSSR count). The van der Waals surface area contributed by atoms with Crippen LogP contribution in [0.1, 0.15) is 37.0 Å². The number of nitrogen functional groups attached to an aromatic ring is 2. The molecule has 0 aliphatic carbocycles. The van der Waals surface area contributed by atoms with Gasteiger partial charge >= 0.3 is 6.03 Å². The molecule has 2 aromatic rings. The van der Waals surface area contributed by atoms with E-state index in [0.29, 0.717) is 35.8 Å². The lowest BCUT2D eigenvalue weighted by atomic mass is 9.93. The molecule has 0 spiro atoms. The lowest BCUT2D eigenvalue weighted by molar-refractivity contribution is 0.182. The van der Waals surface area contributed by atoms with Gasteiger partial charge in [-0.2, -0.15) is 5.10 Å². The van der Waals surface area contributed by atoms with Crippen LogP contribution in [-0.2, 0) is 6.42 Å². The molecule has 7 nitrogen and oxygen atoms in total. The molecule has 1 unspecified atom stereocenters. The predicted octanol–water partition coefficient (Wildman–Crippen LogP) is 2.98. The molecule has 2 amide bonds. The van der Waals surface area contributed by atoms with Crippen LogP contribution < -0.4 is 21.5 Å². The second kappa shape index (κ2) is 8.21. The number of benzene rings is 2. The minimum atomic E-state index is -0.213. The van der Waals surface area contributed by atoms with E-state index < -0.39 is 0 Å². The Hall–Kier alpha value is -3.22. The van der Waals surface area contributed by atoms with E-state index in [2.05, 4.69) is 5.32 Å². The van der Waals surface area contributed by atoms with E-state index in [1.165, 1.54) is 5.01 Å². The minimum absolute atomic E-state index is 0.129. The van der Waals surface area contributed by atoms with Crippen molar-refractivity contribution in [2.75, 3.05) is 25.1 Å². The number of hydrogen-bond acceptors (Lipinski definition) is 5. The van der Waals surface area contributed by atoms with Crippen LogP contribution in [0.4, 0.5) is 16.2 Å². The number of fused-ring (bicyclic) bond motifs is 1. The fourth-order valence-corrected chi connectivity index (χ4v) is 3.28. The SMILES string of the molecule is CCCNC(=O)N1N=C(c2ccc(N)cc2)c2cc(N)c(OC)cc2CC1C. The number of methoxy groups -OCH3 is 1. The second-order valence-corrected chi connectivity index (χ2v) is 6.95. The van der Waals surface area contributed by atoms with E-state index in [4.69, 9.17) is 21.3 Å². The normalized spacial score (nSPS) is 16.0. The van der Waals surface area contributed by atoms with Gasteiger partial charge in [-0.15, -0.1) is 0 Å². The average Bonchev–Trinajstić information content (AvgIpc) is 2.82. The Labute approximate surface area is 165 Å². The van der Waals surface area contributed by atoms with Crippen molar-refractivity contribution in [3.63, 3.8) is 0 Å². The first-order valence-corrected chi connectivity index (χ1v) is 9.43. The third-order valence-electron chi connectivity index (χ3n) is 4.77. The average molecular weight is 381 g/mol. The number of anilines is 2. The van der Waals surface area contributed by atoms with Crippen molar-refractivity contribution in [1.82, 2.24) is 10.3 Å². The molecule has 0 saturated heterocycles. The summed E-state index contributed by atoms with van der Waals surface area (Å²) in [5.41, 5.74) is 16.7. The summed E-state index contributed by atoms with van der Waals surface area (Å²) in [6.07, 6.45) is 1.49. The van der Waals surface area contributed by atoms with Gasteiger partial charge in [0, 0.05) is 23.4 Å². The summed E-state index contributed by atoms with van der Waals surface area (Å²) < 4.78 is 5.40. The van der Waals surface area contributed by atoms with Crippen molar-refractivity contribution in [1.29, 1.82) is 0 Å². The molecule has 1 atom stereocenters. The van der Waals surface area contributed by atoms with Gasteiger partial charge in [0.25, 0.3) is 0 Å². The Morgan fingerprint density at radius 2 is 2.00 bits per heavy atom. The van der Waals surface area contributed by atoms with Crippen molar-refractivity contribution >= 4 is 23.1 Å². The van der Waals surface area contributed by atoms with E-state index in [9.17, 15) is 4.79 Å². The molecule has 5 N–H and O–H groups in total. The number of hydrazone groups is 1. The molecule has 28 heavy (non-hydrogen) atoms. The number of ether oxygens (including phenoxy) is 1. The summed E-state index contributed by atoms with van der Waals surface area (Å²) in [7, 11) is 1.59. The first-order valence-electron chi connectivity index (χ1n) is 9.43. The van der Waals surface area contributed by atoms with E-state index in [-0.39, 0.29) is 12.1 Å². The summed E-state index contributed by atoms with van der Waals surface area (Å²) >= 11 is 0. The van der Waals surface area contributed by atoms with Gasteiger partial charge in [0.15, 0.2) is 0 Å². The van der Waals surface area contributed by atoms with Gasteiger partial charge in [0.2, 0.25) is 0 Å². The van der Waals surface area contributed by atoms with E-state index in [1.54, 1.807) is 7.11 Å². The van der Waals surface area contributed by atoms with Crippen LogP contribution in [-0.4, -0.2) is 36.4 Å². The van der Waals surface area contributed by atoms with Crippen LogP contribution in [0.25, 0.3) is 0 Å². The van der Waals surface area contributed by atoms with Gasteiger partial charge in [0.1, 0.15) is 5.75 Å². The number of amides is 2. The second-order valence-electron chi connectivity index (χ2n) is 6.95. The van der Waals surface area contributed by atoms with Crippen LogP contribution >= 0.6 is 0 Å². The Morgan fingerprint density at radius 3 is 2.64 bits per heavy atom. The number of nitrogens with one attached hydrogen (secondary N) is 1. The number of nitrogens with zero attached hydrogens (tertiary/aromatic N) is 2. The molecule has 1 aliphatic rings. The van der Waals surface area contributed by atoms with Gasteiger partial charge in [-0.25, -0.2) is 9.80 Å². The molecule has 148 valence electrons. The van der Waals surface area contributed by atoms with Crippen molar-refractivity contribution in [2.24, 2.45) is 5.10 Å². The summed E-state index contributed by atoms with van der Waals surface area (Å²) in [5, 5.41) is 9.18. The maximum atomic E-state index is 12.7. The molecule has 2 aromatic carbocycles. The van der Waals surface area contributed by atoms with Crippen molar-refractivity contribution < 1.29 is 9.53 Å². The number of rotatable bonds is 4. The Bertz CT molecular complexity index is 892. The van der Waals surface area contributed by atoms with E-state index >= 15 is 0 Å². The fourth-order valence-electron chi connectivity index (χ4n) is 3.28. The molecule has 0 saturated carbocycles. The van der Waals surface area contributed by atoms with Crippen molar-refractivity contribution in [2.45, 2.75) is 32.7 Å². The lowest BCUT2D eigenvalue weighted by Crippen LogP contribution is -2.42. The zero-order valence-electron chi connectivity index (χ0n) is 16.5. The van der Waals surface area contributed by atoms with Gasteiger partial charge in [0.05, 0.1) is 24.6 Å². The third-order valence-corrected chi connectivity index (χ3v) is 4.77. The summed E-state index contributed by atoms with van der Waals surface area (Å²) in [5.74, 6) is 0.617. The number of hydrogen-bond donors (Lipinski definition) is 3. The summed E-state index contributed by atoms with van der Waals surface area (Å²) in [6.45, 7) is 4.59. The maximum Gasteiger partial charge on any atom is 0.338 e. The first-order chi connectivity index (χ1) is 13.4. The Morgan fingerprint density at radius 1 is 1.29 bits per heavy atom. The minimum Gasteiger partial charge on any atom is -0.495 e. The molecule has 0 fully saturated rings. The van der Waals surface area contributed by atoms with Gasteiger partial charge in [-0.05, 0) is 49.6 Å². The standard InChI is InChI=1S/C21H27N5O2/c1-4-9-24-21(27)26-13(2)10-15-11-19(28-3)18(23)12-17(15)20(25-26)14-5-7-16(22)8-6-14/h5-8,11-13H,4,9-10,22-23H2,1-3H3,(H,24,27). The van der Waals surface area contributed by atoms with E-state index in [1.807, 2.05) is 50.2 Å².